The van der Waals surface area contributed by atoms with Crippen LogP contribution in [0, 0.1) is 0 Å². The lowest BCUT2D eigenvalue weighted by Gasteiger charge is -2.06. The number of rotatable bonds is 6. The molecule has 2 N–H and O–H groups in total. The van der Waals surface area contributed by atoms with Crippen LogP contribution in [-0.2, 0) is 11.2 Å². The second kappa shape index (κ2) is 7.11. The summed E-state index contributed by atoms with van der Waals surface area (Å²) in [6, 6.07) is 11.3. The number of carbonyl (C=O) groups excluding carboxylic acids is 1. The van der Waals surface area contributed by atoms with Crippen LogP contribution >= 0.6 is 15.9 Å². The Morgan fingerprint density at radius 1 is 1.26 bits per heavy atom. The smallest absolute Gasteiger partial charge is 0.238 e. The van der Waals surface area contributed by atoms with Crippen molar-refractivity contribution in [2.45, 2.75) is 6.42 Å². The topological polar surface area (TPSA) is 54.3 Å². The Bertz CT molecular complexity index is 526. The van der Waals surface area contributed by atoms with Gasteiger partial charge in [-0.2, -0.15) is 0 Å². The number of hydrogen-bond acceptors (Lipinski definition) is 3. The van der Waals surface area contributed by atoms with Crippen molar-refractivity contribution in [1.29, 1.82) is 0 Å². The summed E-state index contributed by atoms with van der Waals surface area (Å²) >= 11 is 3.36. The molecule has 0 saturated carbocycles. The van der Waals surface area contributed by atoms with Gasteiger partial charge in [-0.1, -0.05) is 22.0 Å². The zero-order chi connectivity index (χ0) is 13.5. The molecular formula is C14H15BrN2O2. The summed E-state index contributed by atoms with van der Waals surface area (Å²) in [5, 5.41) is 5.90. The zero-order valence-corrected chi connectivity index (χ0v) is 11.9. The molecule has 0 spiro atoms. The molecule has 1 aromatic carbocycles. The van der Waals surface area contributed by atoms with Crippen molar-refractivity contribution >= 4 is 27.5 Å². The molecule has 0 aliphatic rings. The van der Waals surface area contributed by atoms with E-state index in [4.69, 9.17) is 4.42 Å². The first-order valence-electron chi connectivity index (χ1n) is 6.02. The van der Waals surface area contributed by atoms with Gasteiger partial charge in [-0.25, -0.2) is 0 Å². The molecule has 0 radical (unpaired) electrons. The Balaban J connectivity index is 1.67. The normalized spacial score (nSPS) is 10.4. The summed E-state index contributed by atoms with van der Waals surface area (Å²) in [6.45, 7) is 0.993. The maximum absolute atomic E-state index is 11.7. The van der Waals surface area contributed by atoms with E-state index in [2.05, 4.69) is 26.6 Å². The minimum Gasteiger partial charge on any atom is -0.469 e. The van der Waals surface area contributed by atoms with Gasteiger partial charge in [0.15, 0.2) is 0 Å². The lowest BCUT2D eigenvalue weighted by atomic mass is 10.3. The quantitative estimate of drug-likeness (QED) is 0.804. The molecule has 2 aromatic rings. The lowest BCUT2D eigenvalue weighted by Crippen LogP contribution is -2.29. The van der Waals surface area contributed by atoms with Crippen molar-refractivity contribution < 1.29 is 9.21 Å². The van der Waals surface area contributed by atoms with Crippen LogP contribution < -0.4 is 10.6 Å². The summed E-state index contributed by atoms with van der Waals surface area (Å²) in [7, 11) is 0. The van der Waals surface area contributed by atoms with Gasteiger partial charge in [-0.3, -0.25) is 4.79 Å². The summed E-state index contributed by atoms with van der Waals surface area (Å²) in [6.07, 6.45) is 2.42. The molecule has 0 aliphatic carbocycles. The molecule has 0 unspecified atom stereocenters. The summed E-state index contributed by atoms with van der Waals surface area (Å²) in [5.74, 6) is 0.859. The minimum atomic E-state index is -0.0578. The van der Waals surface area contributed by atoms with E-state index in [1.54, 1.807) is 6.26 Å². The van der Waals surface area contributed by atoms with Gasteiger partial charge < -0.3 is 15.1 Å². The first kappa shape index (κ1) is 13.8. The second-order valence-corrected chi connectivity index (χ2v) is 4.98. The van der Waals surface area contributed by atoms with E-state index in [9.17, 15) is 4.79 Å². The SMILES string of the molecule is O=C(CNCCc1ccco1)Nc1cccc(Br)c1. The van der Waals surface area contributed by atoms with Crippen molar-refractivity contribution in [3.05, 3.63) is 52.9 Å². The van der Waals surface area contributed by atoms with E-state index in [0.29, 0.717) is 6.54 Å². The number of anilines is 1. The third kappa shape index (κ3) is 4.89. The summed E-state index contributed by atoms with van der Waals surface area (Å²) in [5.41, 5.74) is 0.784. The molecule has 19 heavy (non-hydrogen) atoms. The van der Waals surface area contributed by atoms with E-state index >= 15 is 0 Å². The van der Waals surface area contributed by atoms with Crippen molar-refractivity contribution in [2.75, 3.05) is 18.4 Å². The Morgan fingerprint density at radius 3 is 2.89 bits per heavy atom. The summed E-state index contributed by atoms with van der Waals surface area (Å²) in [4.78, 5) is 11.7. The lowest BCUT2D eigenvalue weighted by molar-refractivity contribution is -0.115. The van der Waals surface area contributed by atoms with Crippen LogP contribution in [-0.4, -0.2) is 19.0 Å². The Kier molecular flexibility index (Phi) is 5.18. The monoisotopic (exact) mass is 322 g/mol. The van der Waals surface area contributed by atoms with Gasteiger partial charge in [0.1, 0.15) is 5.76 Å². The molecular weight excluding hydrogens is 308 g/mol. The van der Waals surface area contributed by atoms with Crippen LogP contribution in [0.5, 0.6) is 0 Å². The summed E-state index contributed by atoms with van der Waals surface area (Å²) < 4.78 is 6.14. The van der Waals surface area contributed by atoms with E-state index in [0.717, 1.165) is 22.3 Å². The second-order valence-electron chi connectivity index (χ2n) is 4.06. The first-order valence-corrected chi connectivity index (χ1v) is 6.82. The van der Waals surface area contributed by atoms with Crippen LogP contribution in [0.4, 0.5) is 5.69 Å². The van der Waals surface area contributed by atoms with Gasteiger partial charge in [0.2, 0.25) is 5.91 Å². The molecule has 100 valence electrons. The van der Waals surface area contributed by atoms with Gasteiger partial charge >= 0.3 is 0 Å². The van der Waals surface area contributed by atoms with Gasteiger partial charge in [-0.15, -0.1) is 0 Å². The number of nitrogens with one attached hydrogen (secondary N) is 2. The number of halogens is 1. The van der Waals surface area contributed by atoms with Crippen molar-refractivity contribution in [1.82, 2.24) is 5.32 Å². The van der Waals surface area contributed by atoms with Crippen LogP contribution in [0.15, 0.2) is 51.6 Å². The highest BCUT2D eigenvalue weighted by atomic mass is 79.9. The molecule has 2 rings (SSSR count). The zero-order valence-electron chi connectivity index (χ0n) is 10.4. The first-order chi connectivity index (χ1) is 9.24. The van der Waals surface area contributed by atoms with Gasteiger partial charge in [0, 0.05) is 23.1 Å². The molecule has 5 heteroatoms. The van der Waals surface area contributed by atoms with Crippen molar-refractivity contribution in [3.8, 4) is 0 Å². The Morgan fingerprint density at radius 2 is 2.16 bits per heavy atom. The maximum Gasteiger partial charge on any atom is 0.238 e. The highest BCUT2D eigenvalue weighted by molar-refractivity contribution is 9.10. The number of amides is 1. The van der Waals surface area contributed by atoms with Crippen LogP contribution in [0.25, 0.3) is 0 Å². The highest BCUT2D eigenvalue weighted by Gasteiger charge is 2.02. The van der Waals surface area contributed by atoms with E-state index in [-0.39, 0.29) is 12.5 Å². The highest BCUT2D eigenvalue weighted by Crippen LogP contribution is 2.15. The van der Waals surface area contributed by atoms with Gasteiger partial charge in [0.05, 0.1) is 12.8 Å². The number of furan rings is 1. The molecule has 4 nitrogen and oxygen atoms in total. The molecule has 0 saturated heterocycles. The predicted octanol–water partition coefficient (Wildman–Crippen LogP) is 2.81. The minimum absolute atomic E-state index is 0.0578. The van der Waals surface area contributed by atoms with Crippen LogP contribution in [0.3, 0.4) is 0 Å². The third-order valence-electron chi connectivity index (χ3n) is 2.52. The molecule has 0 aliphatic heterocycles. The number of benzene rings is 1. The predicted molar refractivity (Wildman–Crippen MR) is 78.1 cm³/mol. The maximum atomic E-state index is 11.7. The molecule has 0 fully saturated rings. The van der Waals surface area contributed by atoms with Crippen molar-refractivity contribution in [3.63, 3.8) is 0 Å². The van der Waals surface area contributed by atoms with Gasteiger partial charge in [-0.05, 0) is 30.3 Å². The largest absolute Gasteiger partial charge is 0.469 e. The molecule has 1 aromatic heterocycles. The fraction of sp³-hybridized carbons (Fsp3) is 0.214. The molecule has 1 amide bonds. The molecule has 0 atom stereocenters. The molecule has 0 bridgehead atoms. The Hall–Kier alpha value is -1.59. The fourth-order valence-electron chi connectivity index (χ4n) is 1.64. The van der Waals surface area contributed by atoms with Crippen molar-refractivity contribution in [2.24, 2.45) is 0 Å². The average Bonchev–Trinajstić information content (AvgIpc) is 2.88. The van der Waals surface area contributed by atoms with E-state index < -0.39 is 0 Å². The third-order valence-corrected chi connectivity index (χ3v) is 3.02. The number of hydrogen-bond donors (Lipinski definition) is 2. The standard InChI is InChI=1S/C14H15BrN2O2/c15-11-3-1-4-12(9-11)17-14(18)10-16-7-6-13-5-2-8-19-13/h1-5,8-9,16H,6-7,10H2,(H,17,18). The fourth-order valence-corrected chi connectivity index (χ4v) is 2.04. The van der Waals surface area contributed by atoms with E-state index in [1.807, 2.05) is 36.4 Å². The average molecular weight is 323 g/mol. The number of carbonyl (C=O) groups is 1. The van der Waals surface area contributed by atoms with E-state index in [1.165, 1.54) is 0 Å². The van der Waals surface area contributed by atoms with Crippen LogP contribution in [0.2, 0.25) is 0 Å². The Labute approximate surface area is 120 Å². The molecule has 1 heterocycles. The van der Waals surface area contributed by atoms with Gasteiger partial charge in [0.25, 0.3) is 0 Å². The van der Waals surface area contributed by atoms with Crippen LogP contribution in [0.1, 0.15) is 5.76 Å².